The number of nitrogens with one attached hydrogen (secondary N) is 1. The first-order chi connectivity index (χ1) is 7.42. The minimum atomic E-state index is 0.635. The molecule has 0 spiro atoms. The van der Waals surface area contributed by atoms with E-state index >= 15 is 0 Å². The maximum Gasteiger partial charge on any atom is 0.181 e. The van der Waals surface area contributed by atoms with Gasteiger partial charge in [-0.2, -0.15) is 5.21 Å². The Morgan fingerprint density at radius 1 is 1.27 bits per heavy atom. The van der Waals surface area contributed by atoms with Gasteiger partial charge < -0.3 is 0 Å². The van der Waals surface area contributed by atoms with Crippen molar-refractivity contribution in [2.45, 2.75) is 6.42 Å². The monoisotopic (exact) mass is 217 g/mol. The summed E-state index contributed by atoms with van der Waals surface area (Å²) in [6.07, 6.45) is 0.635. The molecule has 74 valence electrons. The molecule has 2 heterocycles. The molecule has 5 nitrogen and oxygen atoms in total. The summed E-state index contributed by atoms with van der Waals surface area (Å²) in [7, 11) is 0. The molecule has 0 amide bonds. The van der Waals surface area contributed by atoms with E-state index in [9.17, 15) is 0 Å². The number of aromatic nitrogens is 5. The minimum absolute atomic E-state index is 0.635. The van der Waals surface area contributed by atoms with Gasteiger partial charge in [0.05, 0.1) is 16.6 Å². The van der Waals surface area contributed by atoms with Gasteiger partial charge in [0, 0.05) is 0 Å². The van der Waals surface area contributed by atoms with Crippen LogP contribution in [0.25, 0.3) is 10.2 Å². The zero-order valence-electron chi connectivity index (χ0n) is 7.71. The number of benzene rings is 1. The molecule has 0 aliphatic carbocycles. The maximum atomic E-state index is 4.48. The predicted molar refractivity (Wildman–Crippen MR) is 56.6 cm³/mol. The molecule has 0 atom stereocenters. The average Bonchev–Trinajstić information content (AvgIpc) is 2.86. The third kappa shape index (κ3) is 1.59. The Labute approximate surface area is 89.2 Å². The molecule has 0 aliphatic rings. The van der Waals surface area contributed by atoms with E-state index in [0.29, 0.717) is 12.2 Å². The van der Waals surface area contributed by atoms with E-state index in [1.165, 1.54) is 4.70 Å². The summed E-state index contributed by atoms with van der Waals surface area (Å²) in [5.41, 5.74) is 1.03. The summed E-state index contributed by atoms with van der Waals surface area (Å²) in [5, 5.41) is 14.8. The summed E-state index contributed by atoms with van der Waals surface area (Å²) in [4.78, 5) is 4.48. The van der Waals surface area contributed by atoms with Crippen molar-refractivity contribution in [2.24, 2.45) is 0 Å². The van der Waals surface area contributed by atoms with E-state index in [0.717, 1.165) is 10.5 Å². The first kappa shape index (κ1) is 8.49. The Balaban J connectivity index is 1.98. The van der Waals surface area contributed by atoms with E-state index < -0.39 is 0 Å². The number of nitrogens with zero attached hydrogens (tertiary/aromatic N) is 4. The standard InChI is InChI=1S/C9H7N5S/c1-2-4-7-6(3-1)10-9(15-7)5-8-11-13-14-12-8/h1-4H,5H2,(H,11,12,13,14). The van der Waals surface area contributed by atoms with Crippen molar-refractivity contribution >= 4 is 21.6 Å². The van der Waals surface area contributed by atoms with Crippen LogP contribution in [0.2, 0.25) is 0 Å². The van der Waals surface area contributed by atoms with Crippen LogP contribution in [0.5, 0.6) is 0 Å². The molecule has 1 aromatic carbocycles. The Hall–Kier alpha value is -1.82. The lowest BCUT2D eigenvalue weighted by molar-refractivity contribution is 0.881. The molecular weight excluding hydrogens is 210 g/mol. The molecular formula is C9H7N5S. The largest absolute Gasteiger partial charge is 0.241 e. The van der Waals surface area contributed by atoms with Crippen molar-refractivity contribution in [3.8, 4) is 0 Å². The van der Waals surface area contributed by atoms with Crippen LogP contribution >= 0.6 is 11.3 Å². The van der Waals surface area contributed by atoms with Crippen molar-refractivity contribution in [3.05, 3.63) is 35.1 Å². The highest BCUT2D eigenvalue weighted by Gasteiger charge is 2.06. The van der Waals surface area contributed by atoms with Crippen LogP contribution in [0.4, 0.5) is 0 Å². The van der Waals surface area contributed by atoms with Gasteiger partial charge in [-0.3, -0.25) is 0 Å². The Morgan fingerprint density at radius 3 is 3.00 bits per heavy atom. The summed E-state index contributed by atoms with van der Waals surface area (Å²) >= 11 is 1.66. The van der Waals surface area contributed by atoms with Crippen LogP contribution < -0.4 is 0 Å². The fourth-order valence-electron chi connectivity index (χ4n) is 1.39. The molecule has 3 rings (SSSR count). The van der Waals surface area contributed by atoms with Crippen LogP contribution in [0.15, 0.2) is 24.3 Å². The van der Waals surface area contributed by atoms with Crippen LogP contribution in [-0.4, -0.2) is 25.6 Å². The van der Waals surface area contributed by atoms with Crippen molar-refractivity contribution in [3.63, 3.8) is 0 Å². The summed E-state index contributed by atoms with van der Waals surface area (Å²) < 4.78 is 1.19. The number of aromatic amines is 1. The normalized spacial score (nSPS) is 10.9. The van der Waals surface area contributed by atoms with Gasteiger partial charge in [0.1, 0.15) is 5.01 Å². The number of para-hydroxylation sites is 1. The number of rotatable bonds is 2. The highest BCUT2D eigenvalue weighted by atomic mass is 32.1. The van der Waals surface area contributed by atoms with Crippen LogP contribution in [-0.2, 0) is 6.42 Å². The predicted octanol–water partition coefficient (Wildman–Crippen LogP) is 1.40. The number of tetrazole rings is 1. The average molecular weight is 217 g/mol. The Morgan fingerprint density at radius 2 is 2.20 bits per heavy atom. The third-order valence-corrected chi connectivity index (χ3v) is 3.07. The summed E-state index contributed by atoms with van der Waals surface area (Å²) in [6.45, 7) is 0. The number of fused-ring (bicyclic) bond motifs is 1. The van der Waals surface area contributed by atoms with E-state index in [1.54, 1.807) is 11.3 Å². The van der Waals surface area contributed by atoms with E-state index in [-0.39, 0.29) is 0 Å². The summed E-state index contributed by atoms with van der Waals surface area (Å²) in [6, 6.07) is 8.07. The molecule has 1 N–H and O–H groups in total. The summed E-state index contributed by atoms with van der Waals surface area (Å²) in [5.74, 6) is 0.675. The highest BCUT2D eigenvalue weighted by Crippen LogP contribution is 2.22. The van der Waals surface area contributed by atoms with Gasteiger partial charge in [-0.05, 0) is 12.1 Å². The third-order valence-electron chi connectivity index (χ3n) is 2.04. The molecule has 0 saturated carbocycles. The minimum Gasteiger partial charge on any atom is -0.241 e. The molecule has 0 radical (unpaired) electrons. The molecule has 0 bridgehead atoms. The lowest BCUT2D eigenvalue weighted by atomic mass is 10.3. The van der Waals surface area contributed by atoms with E-state index in [2.05, 4.69) is 31.7 Å². The van der Waals surface area contributed by atoms with Gasteiger partial charge in [-0.25, -0.2) is 4.98 Å². The first-order valence-corrected chi connectivity index (χ1v) is 5.30. The maximum absolute atomic E-state index is 4.48. The molecule has 15 heavy (non-hydrogen) atoms. The smallest absolute Gasteiger partial charge is 0.181 e. The molecule has 0 aliphatic heterocycles. The molecule has 0 saturated heterocycles. The Bertz CT molecular complexity index is 538. The van der Waals surface area contributed by atoms with Gasteiger partial charge in [0.25, 0.3) is 0 Å². The molecule has 0 fully saturated rings. The van der Waals surface area contributed by atoms with Crippen molar-refractivity contribution in [1.29, 1.82) is 0 Å². The highest BCUT2D eigenvalue weighted by molar-refractivity contribution is 7.18. The molecule has 0 unspecified atom stereocenters. The van der Waals surface area contributed by atoms with Crippen molar-refractivity contribution in [1.82, 2.24) is 25.6 Å². The molecule has 3 aromatic rings. The van der Waals surface area contributed by atoms with Crippen LogP contribution in [0, 0.1) is 0 Å². The molecule has 2 aromatic heterocycles. The fraction of sp³-hybridized carbons (Fsp3) is 0.111. The Kier molecular flexibility index (Phi) is 1.92. The lowest BCUT2D eigenvalue weighted by Gasteiger charge is -1.85. The topological polar surface area (TPSA) is 67.3 Å². The fourth-order valence-corrected chi connectivity index (χ4v) is 2.35. The van der Waals surface area contributed by atoms with Gasteiger partial charge in [0.15, 0.2) is 5.82 Å². The van der Waals surface area contributed by atoms with E-state index in [4.69, 9.17) is 0 Å². The lowest BCUT2D eigenvalue weighted by Crippen LogP contribution is -1.89. The van der Waals surface area contributed by atoms with Crippen molar-refractivity contribution in [2.75, 3.05) is 0 Å². The van der Waals surface area contributed by atoms with Gasteiger partial charge in [-0.15, -0.1) is 21.5 Å². The number of H-pyrrole nitrogens is 1. The van der Waals surface area contributed by atoms with Crippen LogP contribution in [0.3, 0.4) is 0 Å². The second-order valence-corrected chi connectivity index (χ2v) is 4.20. The zero-order valence-corrected chi connectivity index (χ0v) is 8.53. The van der Waals surface area contributed by atoms with Gasteiger partial charge in [0.2, 0.25) is 0 Å². The first-order valence-electron chi connectivity index (χ1n) is 4.48. The van der Waals surface area contributed by atoms with E-state index in [1.807, 2.05) is 18.2 Å². The van der Waals surface area contributed by atoms with Gasteiger partial charge in [-0.1, -0.05) is 17.3 Å². The number of hydrogen-bond acceptors (Lipinski definition) is 5. The van der Waals surface area contributed by atoms with Crippen LogP contribution in [0.1, 0.15) is 10.8 Å². The van der Waals surface area contributed by atoms with Gasteiger partial charge >= 0.3 is 0 Å². The quantitative estimate of drug-likeness (QED) is 0.704. The second-order valence-electron chi connectivity index (χ2n) is 3.08. The molecule has 6 heteroatoms. The SMILES string of the molecule is c1ccc2sc(Cc3nn[nH]n3)nc2c1. The second kappa shape index (κ2) is 3.39. The zero-order chi connectivity index (χ0) is 10.1. The number of thiazole rings is 1. The number of hydrogen-bond donors (Lipinski definition) is 1. The van der Waals surface area contributed by atoms with Crippen molar-refractivity contribution < 1.29 is 0 Å².